The van der Waals surface area contributed by atoms with Gasteiger partial charge in [-0.1, -0.05) is 79.2 Å². The number of rotatable bonds is 13. The number of nitrogens with one attached hydrogen (secondary N) is 1. The number of benzene rings is 3. The van der Waals surface area contributed by atoms with E-state index in [2.05, 4.69) is 5.32 Å². The summed E-state index contributed by atoms with van der Waals surface area (Å²) in [6, 6.07) is 21.0. The molecule has 0 aliphatic carbocycles. The second-order valence-corrected chi connectivity index (χ2v) is 13.2. The maximum atomic E-state index is 14.4. The summed E-state index contributed by atoms with van der Waals surface area (Å²) in [6.07, 6.45) is 0.951. The minimum atomic E-state index is -4.08. The quantitative estimate of drug-likeness (QED) is 0.290. The lowest BCUT2D eigenvalue weighted by Crippen LogP contribution is -2.55. The molecule has 0 spiro atoms. The second-order valence-electron chi connectivity index (χ2n) is 10.7. The van der Waals surface area contributed by atoms with Crippen LogP contribution < -0.4 is 9.62 Å². The number of amides is 2. The number of nitrogens with zero attached hydrogens (tertiary/aromatic N) is 3. The molecule has 0 radical (unpaired) electrons. The SMILES string of the molecule is CC[C@H](C)NC(=O)[C@H](Cc1ccccc1)N(Cc1ccccc1Cl)C(=O)CN(c1cc(C)ccc1C)S(=O)(=O)N(C)C. The van der Waals surface area contributed by atoms with E-state index in [0.29, 0.717) is 28.3 Å². The molecule has 0 saturated heterocycles. The Kier molecular flexibility index (Phi) is 11.6. The first-order chi connectivity index (χ1) is 19.8. The summed E-state index contributed by atoms with van der Waals surface area (Å²) in [5.41, 5.74) is 3.47. The van der Waals surface area contributed by atoms with E-state index in [9.17, 15) is 18.0 Å². The molecule has 42 heavy (non-hydrogen) atoms. The summed E-state index contributed by atoms with van der Waals surface area (Å²) in [5.74, 6) is -0.844. The summed E-state index contributed by atoms with van der Waals surface area (Å²) in [7, 11) is -1.22. The predicted octanol–water partition coefficient (Wildman–Crippen LogP) is 5.12. The van der Waals surface area contributed by atoms with Crippen molar-refractivity contribution >= 4 is 39.3 Å². The standard InChI is InChI=1S/C32H41ClN4O4S/c1-7-25(4)34-32(39)30(20-26-13-9-8-10-14-26)36(21-27-15-11-12-16-28(27)33)31(38)22-37(42(40,41)35(5)6)29-19-23(2)17-18-24(29)3/h8-19,25,30H,7,20-22H2,1-6H3,(H,34,39)/t25-,30-/m0/s1. The maximum Gasteiger partial charge on any atom is 0.304 e. The minimum Gasteiger partial charge on any atom is -0.352 e. The zero-order valence-electron chi connectivity index (χ0n) is 25.2. The number of anilines is 1. The Hall–Kier alpha value is -3.40. The molecule has 0 aliphatic rings. The molecule has 0 unspecified atom stereocenters. The van der Waals surface area contributed by atoms with E-state index in [0.717, 1.165) is 19.7 Å². The van der Waals surface area contributed by atoms with Gasteiger partial charge >= 0.3 is 10.2 Å². The predicted molar refractivity (Wildman–Crippen MR) is 170 cm³/mol. The number of hydrogen-bond donors (Lipinski definition) is 1. The molecule has 1 N–H and O–H groups in total. The van der Waals surface area contributed by atoms with E-state index < -0.39 is 28.7 Å². The lowest BCUT2D eigenvalue weighted by molar-refractivity contribution is -0.140. The number of halogens is 1. The van der Waals surface area contributed by atoms with Crippen molar-refractivity contribution in [1.29, 1.82) is 0 Å². The fourth-order valence-electron chi connectivity index (χ4n) is 4.50. The molecule has 0 bridgehead atoms. The van der Waals surface area contributed by atoms with Crippen molar-refractivity contribution in [3.63, 3.8) is 0 Å². The Morgan fingerprint density at radius 1 is 0.952 bits per heavy atom. The summed E-state index contributed by atoms with van der Waals surface area (Å²) in [4.78, 5) is 29.7. The van der Waals surface area contributed by atoms with Gasteiger partial charge in [0.25, 0.3) is 0 Å². The van der Waals surface area contributed by atoms with E-state index in [1.165, 1.54) is 19.0 Å². The van der Waals surface area contributed by atoms with Crippen LogP contribution in [0.5, 0.6) is 0 Å². The van der Waals surface area contributed by atoms with Crippen LogP contribution in [0.25, 0.3) is 0 Å². The van der Waals surface area contributed by atoms with Gasteiger partial charge in [-0.25, -0.2) is 4.31 Å². The molecule has 3 aromatic rings. The Balaban J connectivity index is 2.14. The molecule has 10 heteroatoms. The first-order valence-corrected chi connectivity index (χ1v) is 15.8. The van der Waals surface area contributed by atoms with Gasteiger partial charge < -0.3 is 10.2 Å². The molecule has 226 valence electrons. The van der Waals surface area contributed by atoms with E-state index in [4.69, 9.17) is 11.6 Å². The molecule has 0 saturated carbocycles. The van der Waals surface area contributed by atoms with Crippen LogP contribution in [-0.2, 0) is 32.8 Å². The number of hydrogen-bond acceptors (Lipinski definition) is 4. The van der Waals surface area contributed by atoms with Crippen LogP contribution >= 0.6 is 11.6 Å². The monoisotopic (exact) mass is 612 g/mol. The van der Waals surface area contributed by atoms with Gasteiger partial charge in [-0.15, -0.1) is 0 Å². The zero-order valence-corrected chi connectivity index (χ0v) is 26.7. The van der Waals surface area contributed by atoms with Crippen molar-refractivity contribution in [3.8, 4) is 0 Å². The minimum absolute atomic E-state index is 0.0204. The molecule has 3 aromatic carbocycles. The fourth-order valence-corrected chi connectivity index (χ4v) is 5.80. The van der Waals surface area contributed by atoms with Crippen LogP contribution in [0.4, 0.5) is 5.69 Å². The first kappa shape index (κ1) is 33.1. The average molecular weight is 613 g/mol. The highest BCUT2D eigenvalue weighted by Gasteiger charge is 2.35. The largest absolute Gasteiger partial charge is 0.352 e. The van der Waals surface area contributed by atoms with Crippen molar-refractivity contribution in [2.75, 3.05) is 24.9 Å². The average Bonchev–Trinajstić information content (AvgIpc) is 2.96. The second kappa shape index (κ2) is 14.7. The van der Waals surface area contributed by atoms with Crippen molar-refractivity contribution < 1.29 is 18.0 Å². The third-order valence-electron chi connectivity index (χ3n) is 7.22. The van der Waals surface area contributed by atoms with Crippen LogP contribution in [0.2, 0.25) is 5.02 Å². The Morgan fingerprint density at radius 3 is 2.21 bits per heavy atom. The molecule has 3 rings (SSSR count). The molecule has 8 nitrogen and oxygen atoms in total. The molecule has 0 aromatic heterocycles. The topological polar surface area (TPSA) is 90.0 Å². The van der Waals surface area contributed by atoms with E-state index >= 15 is 0 Å². The third kappa shape index (κ3) is 8.33. The van der Waals surface area contributed by atoms with Crippen molar-refractivity contribution in [2.24, 2.45) is 0 Å². The highest BCUT2D eigenvalue weighted by molar-refractivity contribution is 7.90. The van der Waals surface area contributed by atoms with Crippen LogP contribution in [0.3, 0.4) is 0 Å². The third-order valence-corrected chi connectivity index (χ3v) is 9.40. The molecule has 2 amide bonds. The Morgan fingerprint density at radius 2 is 1.60 bits per heavy atom. The summed E-state index contributed by atoms with van der Waals surface area (Å²) < 4.78 is 29.4. The molecule has 0 fully saturated rings. The van der Waals surface area contributed by atoms with Crippen LogP contribution in [0, 0.1) is 13.8 Å². The normalized spacial score (nSPS) is 13.0. The molecule has 0 heterocycles. The van der Waals surface area contributed by atoms with E-state index in [1.807, 2.05) is 69.3 Å². The Labute approximate surface area is 255 Å². The highest BCUT2D eigenvalue weighted by Crippen LogP contribution is 2.27. The van der Waals surface area contributed by atoms with Gasteiger partial charge in [0, 0.05) is 38.1 Å². The summed E-state index contributed by atoms with van der Waals surface area (Å²) >= 11 is 6.53. The fraction of sp³-hybridized carbons (Fsp3) is 0.375. The van der Waals surface area contributed by atoms with E-state index in [-0.39, 0.29) is 24.9 Å². The number of carbonyl (C=O) groups is 2. The molecule has 2 atom stereocenters. The van der Waals surface area contributed by atoms with Crippen LogP contribution in [-0.4, -0.2) is 62.2 Å². The van der Waals surface area contributed by atoms with Gasteiger partial charge in [-0.05, 0) is 61.6 Å². The van der Waals surface area contributed by atoms with Gasteiger partial charge in [0.2, 0.25) is 11.8 Å². The first-order valence-electron chi connectivity index (χ1n) is 14.0. The van der Waals surface area contributed by atoms with Gasteiger partial charge in [0.05, 0.1) is 5.69 Å². The summed E-state index contributed by atoms with van der Waals surface area (Å²) in [5, 5.41) is 3.48. The lowest BCUT2D eigenvalue weighted by atomic mass is 10.0. The van der Waals surface area contributed by atoms with Crippen molar-refractivity contribution in [2.45, 2.75) is 59.2 Å². The number of aryl methyl sites for hydroxylation is 2. The van der Waals surface area contributed by atoms with Gasteiger partial charge in [-0.3, -0.25) is 9.59 Å². The van der Waals surface area contributed by atoms with Gasteiger partial charge in [0.1, 0.15) is 12.6 Å². The van der Waals surface area contributed by atoms with Crippen molar-refractivity contribution in [1.82, 2.24) is 14.5 Å². The van der Waals surface area contributed by atoms with Crippen LogP contribution in [0.1, 0.15) is 42.5 Å². The van der Waals surface area contributed by atoms with Gasteiger partial charge in [0.15, 0.2) is 0 Å². The lowest BCUT2D eigenvalue weighted by Gasteiger charge is -2.35. The zero-order chi connectivity index (χ0) is 31.0. The van der Waals surface area contributed by atoms with Crippen molar-refractivity contribution in [3.05, 3.63) is 100 Å². The molecular weight excluding hydrogens is 572 g/mol. The Bertz CT molecular complexity index is 1480. The summed E-state index contributed by atoms with van der Waals surface area (Å²) in [6.45, 7) is 7.06. The molecular formula is C32H41ClN4O4S. The highest BCUT2D eigenvalue weighted by atomic mass is 35.5. The smallest absolute Gasteiger partial charge is 0.304 e. The van der Waals surface area contributed by atoms with E-state index in [1.54, 1.807) is 31.2 Å². The molecule has 0 aliphatic heterocycles. The maximum absolute atomic E-state index is 14.4. The number of carbonyl (C=O) groups excluding carboxylic acids is 2. The van der Waals surface area contributed by atoms with Gasteiger partial charge in [-0.2, -0.15) is 12.7 Å². The van der Waals surface area contributed by atoms with Crippen LogP contribution in [0.15, 0.2) is 72.8 Å².